The number of fused-ring (bicyclic) bond motifs is 1. The molecule has 41 heavy (non-hydrogen) atoms. The molecule has 2 amide bonds. The maximum atomic E-state index is 13.3. The van der Waals surface area contributed by atoms with Crippen LogP contribution in [0.15, 0.2) is 64.8 Å². The summed E-state index contributed by atoms with van der Waals surface area (Å²) in [6.07, 6.45) is 2.58. The average molecular weight is 562 g/mol. The van der Waals surface area contributed by atoms with E-state index in [1.807, 2.05) is 0 Å². The van der Waals surface area contributed by atoms with Crippen molar-refractivity contribution in [2.45, 2.75) is 45.4 Å². The van der Waals surface area contributed by atoms with Crippen LogP contribution in [0.3, 0.4) is 0 Å². The number of hydrogen-bond acceptors (Lipinski definition) is 9. The molecule has 2 aliphatic heterocycles. The van der Waals surface area contributed by atoms with Gasteiger partial charge in [-0.25, -0.2) is 4.79 Å². The largest absolute Gasteiger partial charge is 0.468 e. The van der Waals surface area contributed by atoms with Gasteiger partial charge in [0.05, 0.1) is 35.3 Å². The van der Waals surface area contributed by atoms with Gasteiger partial charge in [0.15, 0.2) is 0 Å². The van der Waals surface area contributed by atoms with E-state index in [1.165, 1.54) is 30.2 Å². The zero-order valence-corrected chi connectivity index (χ0v) is 23.1. The number of methoxy groups -OCH3 is 1. The minimum absolute atomic E-state index is 0.107. The Labute approximate surface area is 237 Å². The summed E-state index contributed by atoms with van der Waals surface area (Å²) in [6.45, 7) is 3.71. The number of imide groups is 1. The second kappa shape index (κ2) is 12.7. The van der Waals surface area contributed by atoms with Crippen LogP contribution < -0.4 is 0 Å². The van der Waals surface area contributed by atoms with Crippen LogP contribution in [0.5, 0.6) is 0 Å². The number of allylic oxidation sites excluding steroid dienone is 1. The lowest BCUT2D eigenvalue weighted by Crippen LogP contribution is -2.36. The van der Waals surface area contributed by atoms with Gasteiger partial charge in [0, 0.05) is 36.0 Å². The highest BCUT2D eigenvalue weighted by Gasteiger charge is 2.42. The summed E-state index contributed by atoms with van der Waals surface area (Å²) >= 11 is 0. The number of esters is 2. The highest BCUT2D eigenvalue weighted by Crippen LogP contribution is 2.41. The molecule has 2 aliphatic rings. The Hall–Kier alpha value is -4.67. The Morgan fingerprint density at radius 1 is 0.976 bits per heavy atom. The molecule has 0 fully saturated rings. The number of non-ortho nitro benzene ring substituents is 1. The van der Waals surface area contributed by atoms with Gasteiger partial charge in [0.2, 0.25) is 0 Å². The first-order chi connectivity index (χ1) is 19.6. The van der Waals surface area contributed by atoms with Crippen LogP contribution in [0.2, 0.25) is 0 Å². The standard InChI is InChI=1S/C30H31N3O8/c1-18-24(29(36)40-3)26(20-11-10-12-21(17-20)33(38)39)25(19(2)31-18)30(37)41-16-9-5-4-8-15-32-27(34)22-13-6-7-14-23(22)28(32)35/h6-7,10-14,17,24,26H,4-5,8-9,15-16H2,1-3H3. The highest BCUT2D eigenvalue weighted by atomic mass is 16.6. The quantitative estimate of drug-likeness (QED) is 0.127. The van der Waals surface area contributed by atoms with Crippen molar-refractivity contribution in [3.05, 3.63) is 86.6 Å². The third-order valence-corrected chi connectivity index (χ3v) is 7.33. The summed E-state index contributed by atoms with van der Waals surface area (Å²) < 4.78 is 10.5. The minimum Gasteiger partial charge on any atom is -0.468 e. The summed E-state index contributed by atoms with van der Waals surface area (Å²) in [5, 5.41) is 11.4. The number of carbonyl (C=O) groups is 4. The Morgan fingerprint density at radius 3 is 2.27 bits per heavy atom. The molecule has 0 spiro atoms. The number of aliphatic imine (C=N–C) groups is 1. The molecule has 0 N–H and O–H groups in total. The van der Waals surface area contributed by atoms with Gasteiger partial charge in [0.25, 0.3) is 17.5 Å². The van der Waals surface area contributed by atoms with Crippen LogP contribution in [0.25, 0.3) is 0 Å². The highest BCUT2D eigenvalue weighted by molar-refractivity contribution is 6.21. The van der Waals surface area contributed by atoms with Crippen molar-refractivity contribution >= 4 is 35.2 Å². The zero-order chi connectivity index (χ0) is 29.7. The summed E-state index contributed by atoms with van der Waals surface area (Å²) in [6, 6.07) is 12.6. The van der Waals surface area contributed by atoms with E-state index in [2.05, 4.69) is 4.99 Å². The van der Waals surface area contributed by atoms with Crippen LogP contribution >= 0.6 is 0 Å². The second-order valence-electron chi connectivity index (χ2n) is 9.94. The van der Waals surface area contributed by atoms with Gasteiger partial charge < -0.3 is 9.47 Å². The fourth-order valence-electron chi connectivity index (χ4n) is 5.34. The predicted molar refractivity (Wildman–Crippen MR) is 148 cm³/mol. The van der Waals surface area contributed by atoms with Gasteiger partial charge in [-0.1, -0.05) is 30.7 Å². The molecule has 0 aromatic heterocycles. The summed E-state index contributed by atoms with van der Waals surface area (Å²) in [7, 11) is 1.23. The third kappa shape index (κ3) is 6.08. The Balaban J connectivity index is 1.36. The lowest BCUT2D eigenvalue weighted by atomic mass is 9.75. The van der Waals surface area contributed by atoms with Gasteiger partial charge >= 0.3 is 11.9 Å². The average Bonchev–Trinajstić information content (AvgIpc) is 3.20. The van der Waals surface area contributed by atoms with Gasteiger partial charge in [-0.05, 0) is 50.8 Å². The molecule has 0 bridgehead atoms. The first-order valence-corrected chi connectivity index (χ1v) is 13.4. The number of carbonyl (C=O) groups excluding carboxylic acids is 4. The van der Waals surface area contributed by atoms with Crippen molar-refractivity contribution in [1.29, 1.82) is 0 Å². The van der Waals surface area contributed by atoms with E-state index < -0.39 is 28.7 Å². The predicted octanol–water partition coefficient (Wildman–Crippen LogP) is 4.62. The number of unbranched alkanes of at least 4 members (excludes halogenated alkanes) is 3. The molecule has 2 atom stereocenters. The van der Waals surface area contributed by atoms with Crippen LogP contribution in [0, 0.1) is 16.0 Å². The van der Waals surface area contributed by atoms with Gasteiger partial charge in [-0.3, -0.25) is 34.4 Å². The van der Waals surface area contributed by atoms with Gasteiger partial charge in [-0.2, -0.15) is 0 Å². The molecule has 4 rings (SSSR count). The number of ether oxygens (including phenoxy) is 2. The van der Waals surface area contributed by atoms with Crippen LogP contribution in [0.1, 0.15) is 71.7 Å². The molecule has 2 aromatic rings. The molecule has 11 nitrogen and oxygen atoms in total. The number of rotatable bonds is 11. The molecule has 0 saturated heterocycles. The minimum atomic E-state index is -0.949. The molecule has 0 saturated carbocycles. The van der Waals surface area contributed by atoms with E-state index in [-0.39, 0.29) is 29.7 Å². The second-order valence-corrected chi connectivity index (χ2v) is 9.94. The maximum absolute atomic E-state index is 13.3. The summed E-state index contributed by atoms with van der Waals surface area (Å²) in [5.41, 5.74) is 2.03. The smallest absolute Gasteiger partial charge is 0.336 e. The van der Waals surface area contributed by atoms with E-state index in [1.54, 1.807) is 44.2 Å². The van der Waals surface area contributed by atoms with Crippen LogP contribution in [-0.4, -0.2) is 59.5 Å². The van der Waals surface area contributed by atoms with E-state index in [4.69, 9.17) is 9.47 Å². The van der Waals surface area contributed by atoms with Crippen molar-refractivity contribution in [2.75, 3.05) is 20.3 Å². The van der Waals surface area contributed by atoms with Crippen LogP contribution in [-0.2, 0) is 19.1 Å². The normalized spacial score (nSPS) is 18.2. The van der Waals surface area contributed by atoms with Crippen molar-refractivity contribution in [2.24, 2.45) is 10.9 Å². The third-order valence-electron chi connectivity index (χ3n) is 7.33. The lowest BCUT2D eigenvalue weighted by molar-refractivity contribution is -0.384. The van der Waals surface area contributed by atoms with Crippen molar-refractivity contribution < 1.29 is 33.6 Å². The number of nitrogens with zero attached hydrogens (tertiary/aromatic N) is 3. The van der Waals surface area contributed by atoms with Crippen LogP contribution in [0.4, 0.5) is 5.69 Å². The number of amides is 2. The zero-order valence-electron chi connectivity index (χ0n) is 23.1. The van der Waals surface area contributed by atoms with E-state index in [0.29, 0.717) is 53.9 Å². The Morgan fingerprint density at radius 2 is 1.63 bits per heavy atom. The molecular formula is C30H31N3O8. The van der Waals surface area contributed by atoms with Crippen molar-refractivity contribution in [1.82, 2.24) is 4.90 Å². The van der Waals surface area contributed by atoms with Gasteiger partial charge in [-0.15, -0.1) is 0 Å². The maximum Gasteiger partial charge on any atom is 0.336 e. The number of benzene rings is 2. The van der Waals surface area contributed by atoms with Crippen molar-refractivity contribution in [3.63, 3.8) is 0 Å². The van der Waals surface area contributed by atoms with Gasteiger partial charge in [0.1, 0.15) is 5.92 Å². The van der Waals surface area contributed by atoms with E-state index >= 15 is 0 Å². The topological polar surface area (TPSA) is 145 Å². The Kier molecular flexibility index (Phi) is 9.06. The SMILES string of the molecule is COC(=O)C1C(C)=NC(C)=C(C(=O)OCCCCCCN2C(=O)c3ccccc3C2=O)C1c1cccc([N+](=O)[O-])c1. The lowest BCUT2D eigenvalue weighted by Gasteiger charge is -2.31. The molecule has 2 heterocycles. The van der Waals surface area contributed by atoms with E-state index in [9.17, 15) is 29.3 Å². The fraction of sp³-hybridized carbons (Fsp3) is 0.367. The number of nitro benzene ring substituents is 1. The number of hydrogen-bond donors (Lipinski definition) is 0. The molecular weight excluding hydrogens is 530 g/mol. The first-order valence-electron chi connectivity index (χ1n) is 13.4. The fourth-order valence-corrected chi connectivity index (χ4v) is 5.34. The first kappa shape index (κ1) is 29.3. The molecule has 0 radical (unpaired) electrons. The van der Waals surface area contributed by atoms with E-state index in [0.717, 1.165) is 6.42 Å². The Bertz CT molecular complexity index is 1430. The number of nitro groups is 1. The monoisotopic (exact) mass is 561 g/mol. The summed E-state index contributed by atoms with van der Waals surface area (Å²) in [4.78, 5) is 67.6. The molecule has 11 heteroatoms. The molecule has 0 aliphatic carbocycles. The summed E-state index contributed by atoms with van der Waals surface area (Å²) in [5.74, 6) is -3.65. The molecule has 214 valence electrons. The molecule has 2 unspecified atom stereocenters. The molecule has 2 aromatic carbocycles. The van der Waals surface area contributed by atoms with Crippen molar-refractivity contribution in [3.8, 4) is 0 Å².